The van der Waals surface area contributed by atoms with Crippen LogP contribution in [0.1, 0.15) is 26.6 Å². The fraction of sp³-hybridized carbons (Fsp3) is 0.190. The Kier molecular flexibility index (Phi) is 7.98. The van der Waals surface area contributed by atoms with E-state index in [-0.39, 0.29) is 12.2 Å². The molecule has 3 aromatic rings. The maximum atomic E-state index is 13.7. The first kappa shape index (κ1) is 24.6. The number of amides is 2. The Morgan fingerprint density at radius 3 is 2.30 bits per heavy atom. The first-order valence-electron chi connectivity index (χ1n) is 9.41. The van der Waals surface area contributed by atoms with Gasteiger partial charge in [-0.05, 0) is 24.1 Å². The molecule has 0 aliphatic carbocycles. The number of nitrogens with one attached hydrogen (secondary N) is 2. The first-order valence-corrected chi connectivity index (χ1v) is 10.7. The summed E-state index contributed by atoms with van der Waals surface area (Å²) in [6.45, 7) is 0.138. The summed E-state index contributed by atoms with van der Waals surface area (Å²) in [5.74, 6) is -12.1. The van der Waals surface area contributed by atoms with Crippen LogP contribution in [0.2, 0.25) is 5.02 Å². The van der Waals surface area contributed by atoms with Crippen molar-refractivity contribution in [2.24, 2.45) is 0 Å². The number of thiazole rings is 1. The summed E-state index contributed by atoms with van der Waals surface area (Å²) in [4.78, 5) is 28.2. The van der Waals surface area contributed by atoms with E-state index >= 15 is 0 Å². The smallest absolute Gasteiger partial charge is 0.270 e. The van der Waals surface area contributed by atoms with Gasteiger partial charge in [-0.1, -0.05) is 23.7 Å². The number of benzene rings is 2. The van der Waals surface area contributed by atoms with Gasteiger partial charge in [0, 0.05) is 22.5 Å². The van der Waals surface area contributed by atoms with Gasteiger partial charge in [-0.15, -0.1) is 11.3 Å². The fourth-order valence-electron chi connectivity index (χ4n) is 2.80. The molecule has 0 unspecified atom stereocenters. The second-order valence-electron chi connectivity index (χ2n) is 6.76. The summed E-state index contributed by atoms with van der Waals surface area (Å²) in [6, 6.07) is 7.19. The molecule has 0 bridgehead atoms. The van der Waals surface area contributed by atoms with Gasteiger partial charge in [0.2, 0.25) is 11.7 Å². The minimum absolute atomic E-state index is 0.107. The van der Waals surface area contributed by atoms with Crippen molar-refractivity contribution in [3.8, 4) is 0 Å². The average molecular weight is 504 g/mol. The highest BCUT2D eigenvalue weighted by atomic mass is 35.5. The summed E-state index contributed by atoms with van der Waals surface area (Å²) in [5, 5.41) is 7.32. The van der Waals surface area contributed by atoms with Gasteiger partial charge in [0.15, 0.2) is 23.3 Å². The SMILES string of the molecule is O=C(Cc1c(F)c(F)c(F)c(F)c1F)NCc1nc(C(=O)NCCc2cccc(Cl)c2)cs1. The average Bonchev–Trinajstić information content (AvgIpc) is 3.27. The van der Waals surface area contributed by atoms with Gasteiger partial charge in [0.1, 0.15) is 10.7 Å². The third kappa shape index (κ3) is 6.05. The number of nitrogens with zero attached hydrogens (tertiary/aromatic N) is 1. The topological polar surface area (TPSA) is 71.1 Å². The van der Waals surface area contributed by atoms with Crippen LogP contribution in [-0.4, -0.2) is 23.3 Å². The molecule has 174 valence electrons. The molecule has 12 heteroatoms. The molecular formula is C21H15ClF5N3O2S. The molecule has 2 aromatic carbocycles. The van der Waals surface area contributed by atoms with Gasteiger partial charge in [-0.25, -0.2) is 26.9 Å². The summed E-state index contributed by atoms with van der Waals surface area (Å²) >= 11 is 6.96. The van der Waals surface area contributed by atoms with Gasteiger partial charge in [-0.3, -0.25) is 9.59 Å². The zero-order valence-corrected chi connectivity index (χ0v) is 18.2. The number of hydrogen-bond donors (Lipinski definition) is 2. The predicted molar refractivity (Wildman–Crippen MR) is 111 cm³/mol. The van der Waals surface area contributed by atoms with Crippen LogP contribution in [0, 0.1) is 29.1 Å². The normalized spacial score (nSPS) is 10.8. The Hall–Kier alpha value is -3.05. The molecule has 2 amide bonds. The first-order chi connectivity index (χ1) is 15.7. The van der Waals surface area contributed by atoms with E-state index in [1.165, 1.54) is 5.38 Å². The fourth-order valence-corrected chi connectivity index (χ4v) is 3.73. The van der Waals surface area contributed by atoms with Crippen molar-refractivity contribution in [3.63, 3.8) is 0 Å². The number of aromatic nitrogens is 1. The molecule has 0 aliphatic rings. The molecule has 1 heterocycles. The van der Waals surface area contributed by atoms with E-state index in [2.05, 4.69) is 15.6 Å². The summed E-state index contributed by atoms with van der Waals surface area (Å²) < 4.78 is 66.9. The van der Waals surface area contributed by atoms with Crippen LogP contribution < -0.4 is 10.6 Å². The molecule has 0 fully saturated rings. The van der Waals surface area contributed by atoms with Crippen molar-refractivity contribution in [3.05, 3.63) is 85.6 Å². The van der Waals surface area contributed by atoms with Gasteiger partial charge in [0.05, 0.1) is 13.0 Å². The molecule has 2 N–H and O–H groups in total. The lowest BCUT2D eigenvalue weighted by molar-refractivity contribution is -0.120. The zero-order valence-electron chi connectivity index (χ0n) is 16.7. The number of rotatable bonds is 8. The van der Waals surface area contributed by atoms with Crippen LogP contribution in [-0.2, 0) is 24.2 Å². The molecule has 5 nitrogen and oxygen atoms in total. The monoisotopic (exact) mass is 503 g/mol. The predicted octanol–water partition coefficient (Wildman–Crippen LogP) is 4.32. The Labute approximate surface area is 193 Å². The van der Waals surface area contributed by atoms with Gasteiger partial charge in [0.25, 0.3) is 5.91 Å². The molecule has 3 rings (SSSR count). The van der Waals surface area contributed by atoms with E-state index in [1.54, 1.807) is 18.2 Å². The lowest BCUT2D eigenvalue weighted by Crippen LogP contribution is -2.27. The third-order valence-electron chi connectivity index (χ3n) is 4.45. The van der Waals surface area contributed by atoms with E-state index in [4.69, 9.17) is 11.6 Å². The van der Waals surface area contributed by atoms with E-state index in [9.17, 15) is 31.5 Å². The maximum absolute atomic E-state index is 13.7. The minimum atomic E-state index is -2.30. The quantitative estimate of drug-likeness (QED) is 0.273. The second kappa shape index (κ2) is 10.7. The van der Waals surface area contributed by atoms with Crippen LogP contribution in [0.3, 0.4) is 0 Å². The number of hydrogen-bond acceptors (Lipinski definition) is 4. The third-order valence-corrected chi connectivity index (χ3v) is 5.53. The van der Waals surface area contributed by atoms with Gasteiger partial charge in [-0.2, -0.15) is 0 Å². The van der Waals surface area contributed by atoms with Crippen molar-refractivity contribution >= 4 is 34.8 Å². The number of carbonyl (C=O) groups excluding carboxylic acids is 2. The van der Waals surface area contributed by atoms with Crippen molar-refractivity contribution in [2.75, 3.05) is 6.54 Å². The Bertz CT molecular complexity index is 1180. The maximum Gasteiger partial charge on any atom is 0.270 e. The number of halogens is 6. The summed E-state index contributed by atoms with van der Waals surface area (Å²) in [5.41, 5.74) is -0.184. The molecule has 33 heavy (non-hydrogen) atoms. The molecule has 1 aromatic heterocycles. The molecule has 0 aliphatic heterocycles. The van der Waals surface area contributed by atoms with Crippen LogP contribution in [0.15, 0.2) is 29.6 Å². The summed E-state index contributed by atoms with van der Waals surface area (Å²) in [6.07, 6.45) is -0.509. The van der Waals surface area contributed by atoms with Crippen LogP contribution in [0.5, 0.6) is 0 Å². The van der Waals surface area contributed by atoms with E-state index in [0.29, 0.717) is 23.0 Å². The lowest BCUT2D eigenvalue weighted by atomic mass is 10.1. The highest BCUT2D eigenvalue weighted by Crippen LogP contribution is 2.23. The highest BCUT2D eigenvalue weighted by Gasteiger charge is 2.26. The van der Waals surface area contributed by atoms with Gasteiger partial charge < -0.3 is 10.6 Å². The van der Waals surface area contributed by atoms with Crippen LogP contribution in [0.25, 0.3) is 0 Å². The minimum Gasteiger partial charge on any atom is -0.350 e. The summed E-state index contributed by atoms with van der Waals surface area (Å²) in [7, 11) is 0. The molecule has 0 saturated heterocycles. The lowest BCUT2D eigenvalue weighted by Gasteiger charge is -2.08. The van der Waals surface area contributed by atoms with Crippen LogP contribution >= 0.6 is 22.9 Å². The number of carbonyl (C=O) groups is 2. The molecule has 0 atom stereocenters. The molecular weight excluding hydrogens is 489 g/mol. The van der Waals surface area contributed by atoms with Crippen molar-refractivity contribution in [1.82, 2.24) is 15.6 Å². The van der Waals surface area contributed by atoms with Crippen molar-refractivity contribution in [1.29, 1.82) is 0 Å². The zero-order chi connectivity index (χ0) is 24.1. The van der Waals surface area contributed by atoms with Crippen molar-refractivity contribution < 1.29 is 31.5 Å². The highest BCUT2D eigenvalue weighted by molar-refractivity contribution is 7.09. The Balaban J connectivity index is 1.51. The Morgan fingerprint density at radius 2 is 1.64 bits per heavy atom. The van der Waals surface area contributed by atoms with Crippen molar-refractivity contribution in [2.45, 2.75) is 19.4 Å². The van der Waals surface area contributed by atoms with E-state index < -0.39 is 52.9 Å². The standard InChI is InChI=1S/C21H15ClF5N3O2S/c22-11-3-1-2-10(6-11)4-5-28-21(32)13-9-33-15(30-13)8-29-14(31)7-12-16(23)18(25)20(27)19(26)17(12)24/h1-3,6,9H,4-5,7-8H2,(H,28,32)(H,29,31). The second-order valence-corrected chi connectivity index (χ2v) is 8.14. The van der Waals surface area contributed by atoms with E-state index in [0.717, 1.165) is 16.9 Å². The largest absolute Gasteiger partial charge is 0.350 e. The molecule has 0 saturated carbocycles. The molecule has 0 radical (unpaired) electrons. The van der Waals surface area contributed by atoms with E-state index in [1.807, 2.05) is 6.07 Å². The molecule has 0 spiro atoms. The van der Waals surface area contributed by atoms with Crippen LogP contribution in [0.4, 0.5) is 22.0 Å². The van der Waals surface area contributed by atoms with Gasteiger partial charge >= 0.3 is 0 Å². The Morgan fingerprint density at radius 1 is 0.970 bits per heavy atom.